The SMILES string of the molecule is Cc1ccccc1NC(=O)c1ccccc1NC(=O)C1CC(=O)N(c2ccc(Cl)cc2)C1. The Kier molecular flexibility index (Phi) is 6.23. The number of anilines is 3. The van der Waals surface area contributed by atoms with Crippen LogP contribution >= 0.6 is 11.6 Å². The average molecular weight is 448 g/mol. The Morgan fingerprint density at radius 3 is 2.28 bits per heavy atom. The molecule has 3 amide bonds. The van der Waals surface area contributed by atoms with Crippen molar-refractivity contribution in [2.24, 2.45) is 5.92 Å². The molecule has 7 heteroatoms. The fraction of sp³-hybridized carbons (Fsp3) is 0.160. The molecule has 162 valence electrons. The number of carbonyl (C=O) groups is 3. The van der Waals surface area contributed by atoms with Crippen LogP contribution in [0.4, 0.5) is 17.1 Å². The molecule has 32 heavy (non-hydrogen) atoms. The largest absolute Gasteiger partial charge is 0.325 e. The molecule has 6 nitrogen and oxygen atoms in total. The highest BCUT2D eigenvalue weighted by Crippen LogP contribution is 2.28. The lowest BCUT2D eigenvalue weighted by molar-refractivity contribution is -0.122. The summed E-state index contributed by atoms with van der Waals surface area (Å²) in [5.41, 5.74) is 3.10. The highest BCUT2D eigenvalue weighted by molar-refractivity contribution is 6.30. The summed E-state index contributed by atoms with van der Waals surface area (Å²) in [5.74, 6) is -1.27. The van der Waals surface area contributed by atoms with Crippen molar-refractivity contribution in [2.45, 2.75) is 13.3 Å². The van der Waals surface area contributed by atoms with Crippen molar-refractivity contribution in [1.29, 1.82) is 0 Å². The van der Waals surface area contributed by atoms with E-state index in [1.807, 2.05) is 31.2 Å². The summed E-state index contributed by atoms with van der Waals surface area (Å²) in [6.45, 7) is 2.18. The van der Waals surface area contributed by atoms with Crippen molar-refractivity contribution in [3.8, 4) is 0 Å². The number of aryl methyl sites for hydroxylation is 1. The second kappa shape index (κ2) is 9.24. The molecule has 0 spiro atoms. The van der Waals surface area contributed by atoms with Crippen LogP contribution in [0.5, 0.6) is 0 Å². The minimum atomic E-state index is -0.523. The number of amides is 3. The van der Waals surface area contributed by atoms with Crippen LogP contribution in [0, 0.1) is 12.8 Å². The van der Waals surface area contributed by atoms with E-state index in [0.717, 1.165) is 5.56 Å². The number of para-hydroxylation sites is 2. The van der Waals surface area contributed by atoms with Crippen LogP contribution in [-0.2, 0) is 9.59 Å². The van der Waals surface area contributed by atoms with Gasteiger partial charge in [0.05, 0.1) is 17.2 Å². The van der Waals surface area contributed by atoms with Crippen LogP contribution in [0.15, 0.2) is 72.8 Å². The van der Waals surface area contributed by atoms with E-state index in [4.69, 9.17) is 11.6 Å². The lowest BCUT2D eigenvalue weighted by Gasteiger charge is -2.17. The molecule has 1 atom stereocenters. The lowest BCUT2D eigenvalue weighted by Crippen LogP contribution is -2.28. The quantitative estimate of drug-likeness (QED) is 0.584. The zero-order valence-electron chi connectivity index (χ0n) is 17.5. The van der Waals surface area contributed by atoms with E-state index in [-0.39, 0.29) is 30.7 Å². The lowest BCUT2D eigenvalue weighted by atomic mass is 10.1. The molecule has 3 aromatic rings. The third kappa shape index (κ3) is 4.65. The molecule has 0 bridgehead atoms. The van der Waals surface area contributed by atoms with E-state index in [2.05, 4.69) is 10.6 Å². The zero-order chi connectivity index (χ0) is 22.7. The summed E-state index contributed by atoms with van der Waals surface area (Å²) in [5, 5.41) is 6.30. The molecule has 4 rings (SSSR count). The smallest absolute Gasteiger partial charge is 0.257 e. The number of hydrogen-bond acceptors (Lipinski definition) is 3. The van der Waals surface area contributed by atoms with E-state index in [1.54, 1.807) is 53.4 Å². The second-order valence-corrected chi connectivity index (χ2v) is 8.12. The molecule has 3 aromatic carbocycles. The van der Waals surface area contributed by atoms with Crippen molar-refractivity contribution in [3.05, 3.63) is 88.9 Å². The molecule has 0 aliphatic carbocycles. The van der Waals surface area contributed by atoms with Crippen LogP contribution < -0.4 is 15.5 Å². The van der Waals surface area contributed by atoms with Gasteiger partial charge in [-0.05, 0) is 55.0 Å². The first-order chi connectivity index (χ1) is 15.4. The predicted molar refractivity (Wildman–Crippen MR) is 126 cm³/mol. The van der Waals surface area contributed by atoms with Crippen molar-refractivity contribution in [1.82, 2.24) is 0 Å². The minimum absolute atomic E-state index is 0.103. The number of rotatable bonds is 5. The van der Waals surface area contributed by atoms with Gasteiger partial charge < -0.3 is 15.5 Å². The predicted octanol–water partition coefficient (Wildman–Crippen LogP) is 4.89. The van der Waals surface area contributed by atoms with Gasteiger partial charge in [-0.3, -0.25) is 14.4 Å². The Morgan fingerprint density at radius 1 is 0.906 bits per heavy atom. The molecular formula is C25H22ClN3O3. The first-order valence-corrected chi connectivity index (χ1v) is 10.6. The highest BCUT2D eigenvalue weighted by Gasteiger charge is 2.35. The molecule has 0 aromatic heterocycles. The Labute approximate surface area is 191 Å². The molecule has 1 saturated heterocycles. The Morgan fingerprint density at radius 2 is 1.56 bits per heavy atom. The summed E-state index contributed by atoms with van der Waals surface area (Å²) >= 11 is 5.92. The third-order valence-electron chi connectivity index (χ3n) is 5.46. The van der Waals surface area contributed by atoms with Gasteiger partial charge in [-0.25, -0.2) is 0 Å². The maximum atomic E-state index is 12.9. The number of hydrogen-bond donors (Lipinski definition) is 2. The molecule has 2 N–H and O–H groups in total. The van der Waals surface area contributed by atoms with Crippen LogP contribution in [0.25, 0.3) is 0 Å². The van der Waals surface area contributed by atoms with E-state index in [0.29, 0.717) is 27.6 Å². The van der Waals surface area contributed by atoms with Crippen molar-refractivity contribution < 1.29 is 14.4 Å². The fourth-order valence-corrected chi connectivity index (χ4v) is 3.81. The summed E-state index contributed by atoms with van der Waals surface area (Å²) in [4.78, 5) is 39.9. The molecule has 1 heterocycles. The maximum Gasteiger partial charge on any atom is 0.257 e. The highest BCUT2D eigenvalue weighted by atomic mass is 35.5. The molecule has 1 fully saturated rings. The Bertz CT molecular complexity index is 1180. The number of nitrogens with zero attached hydrogens (tertiary/aromatic N) is 1. The maximum absolute atomic E-state index is 12.9. The van der Waals surface area contributed by atoms with Crippen LogP contribution in [0.2, 0.25) is 5.02 Å². The van der Waals surface area contributed by atoms with E-state index in [1.165, 1.54) is 0 Å². The zero-order valence-corrected chi connectivity index (χ0v) is 18.2. The molecule has 1 aliphatic rings. The van der Waals surface area contributed by atoms with Crippen molar-refractivity contribution in [2.75, 3.05) is 22.1 Å². The minimum Gasteiger partial charge on any atom is -0.325 e. The second-order valence-electron chi connectivity index (χ2n) is 7.69. The monoisotopic (exact) mass is 447 g/mol. The number of benzene rings is 3. The van der Waals surface area contributed by atoms with Gasteiger partial charge in [-0.1, -0.05) is 41.9 Å². The van der Waals surface area contributed by atoms with Gasteiger partial charge in [0.1, 0.15) is 0 Å². The molecule has 0 saturated carbocycles. The van der Waals surface area contributed by atoms with Gasteiger partial charge in [0.2, 0.25) is 11.8 Å². The molecule has 1 aliphatic heterocycles. The van der Waals surface area contributed by atoms with Crippen molar-refractivity contribution >= 4 is 46.4 Å². The van der Waals surface area contributed by atoms with Gasteiger partial charge >= 0.3 is 0 Å². The van der Waals surface area contributed by atoms with E-state index < -0.39 is 5.92 Å². The topological polar surface area (TPSA) is 78.5 Å². The molecule has 1 unspecified atom stereocenters. The van der Waals surface area contributed by atoms with Gasteiger partial charge in [-0.2, -0.15) is 0 Å². The number of nitrogens with one attached hydrogen (secondary N) is 2. The molecule has 0 radical (unpaired) electrons. The van der Waals surface area contributed by atoms with E-state index in [9.17, 15) is 14.4 Å². The van der Waals surface area contributed by atoms with Crippen molar-refractivity contribution in [3.63, 3.8) is 0 Å². The van der Waals surface area contributed by atoms with Gasteiger partial charge in [0.25, 0.3) is 5.91 Å². The number of halogens is 1. The van der Waals surface area contributed by atoms with E-state index >= 15 is 0 Å². The Hall–Kier alpha value is -3.64. The van der Waals surface area contributed by atoms with Gasteiger partial charge in [-0.15, -0.1) is 0 Å². The molecular weight excluding hydrogens is 426 g/mol. The third-order valence-corrected chi connectivity index (χ3v) is 5.71. The normalized spacial score (nSPS) is 15.5. The van der Waals surface area contributed by atoms with Crippen LogP contribution in [0.1, 0.15) is 22.3 Å². The standard InChI is InChI=1S/C25H22ClN3O3/c1-16-6-2-4-8-21(16)27-25(32)20-7-3-5-9-22(20)28-24(31)17-14-23(30)29(15-17)19-12-10-18(26)11-13-19/h2-13,17H,14-15H2,1H3,(H,27,32)(H,28,31). The van der Waals surface area contributed by atoms with Crippen LogP contribution in [0.3, 0.4) is 0 Å². The first kappa shape index (κ1) is 21.6. The number of carbonyl (C=O) groups excluding carboxylic acids is 3. The summed E-state index contributed by atoms with van der Waals surface area (Å²) in [6, 6.07) is 21.2. The summed E-state index contributed by atoms with van der Waals surface area (Å²) in [7, 11) is 0. The average Bonchev–Trinajstić information content (AvgIpc) is 3.18. The van der Waals surface area contributed by atoms with Gasteiger partial charge in [0, 0.05) is 29.4 Å². The van der Waals surface area contributed by atoms with Gasteiger partial charge in [0.15, 0.2) is 0 Å². The summed E-state index contributed by atoms with van der Waals surface area (Å²) in [6.07, 6.45) is 0.103. The Balaban J connectivity index is 1.47. The summed E-state index contributed by atoms with van der Waals surface area (Å²) < 4.78 is 0. The fourth-order valence-electron chi connectivity index (χ4n) is 3.68. The van der Waals surface area contributed by atoms with Crippen LogP contribution in [-0.4, -0.2) is 24.3 Å². The first-order valence-electron chi connectivity index (χ1n) is 10.2.